The minimum Gasteiger partial charge on any atom is -0.369 e. The minimum absolute atomic E-state index is 0.106. The number of benzene rings is 2. The Morgan fingerprint density at radius 3 is 2.15 bits per heavy atom. The van der Waals surface area contributed by atoms with Gasteiger partial charge >= 0.3 is 0 Å². The van der Waals surface area contributed by atoms with Gasteiger partial charge in [0, 0.05) is 56.7 Å². The molecule has 0 N–H and O–H groups in total. The summed E-state index contributed by atoms with van der Waals surface area (Å²) in [6.07, 6.45) is 0.746. The molecule has 34 heavy (non-hydrogen) atoms. The van der Waals surface area contributed by atoms with Gasteiger partial charge in [0.1, 0.15) is 0 Å². The maximum atomic E-state index is 13.9. The lowest BCUT2D eigenvalue weighted by Gasteiger charge is -2.43. The van der Waals surface area contributed by atoms with Crippen LogP contribution in [0.3, 0.4) is 0 Å². The minimum atomic E-state index is -0.148. The van der Waals surface area contributed by atoms with Crippen molar-refractivity contribution >= 4 is 17.3 Å². The lowest BCUT2D eigenvalue weighted by atomic mass is 9.87. The van der Waals surface area contributed by atoms with E-state index in [4.69, 9.17) is 0 Å². The highest BCUT2D eigenvalue weighted by Crippen LogP contribution is 2.30. The van der Waals surface area contributed by atoms with E-state index in [9.17, 15) is 4.79 Å². The molecule has 0 radical (unpaired) electrons. The van der Waals surface area contributed by atoms with E-state index in [0.717, 1.165) is 51.4 Å². The van der Waals surface area contributed by atoms with Gasteiger partial charge in [0.05, 0.1) is 6.04 Å². The first-order valence-electron chi connectivity index (χ1n) is 12.8. The summed E-state index contributed by atoms with van der Waals surface area (Å²) >= 11 is 0. The van der Waals surface area contributed by atoms with E-state index in [1.165, 1.54) is 16.8 Å². The highest BCUT2D eigenvalue weighted by Gasteiger charge is 2.37. The molecule has 0 aliphatic carbocycles. The van der Waals surface area contributed by atoms with Gasteiger partial charge in [0.2, 0.25) is 5.91 Å². The van der Waals surface area contributed by atoms with Crippen molar-refractivity contribution in [3.63, 3.8) is 0 Å². The van der Waals surface area contributed by atoms with E-state index in [-0.39, 0.29) is 17.4 Å². The molecule has 1 amide bonds. The van der Waals surface area contributed by atoms with Crippen LogP contribution in [0.25, 0.3) is 0 Å². The predicted octanol–water partition coefficient (Wildman–Crippen LogP) is 4.40. The predicted molar refractivity (Wildman–Crippen MR) is 143 cm³/mol. The summed E-state index contributed by atoms with van der Waals surface area (Å²) in [6.45, 7) is 16.9. The van der Waals surface area contributed by atoms with E-state index in [0.29, 0.717) is 6.04 Å². The molecule has 1 unspecified atom stereocenters. The number of carbonyl (C=O) groups excluding carboxylic acids is 1. The fourth-order valence-corrected chi connectivity index (χ4v) is 5.27. The third-order valence-electron chi connectivity index (χ3n) is 7.49. The molecule has 2 heterocycles. The van der Waals surface area contributed by atoms with Crippen molar-refractivity contribution in [3.05, 3.63) is 59.7 Å². The Balaban J connectivity index is 1.59. The van der Waals surface area contributed by atoms with Crippen LogP contribution in [-0.4, -0.2) is 74.1 Å². The molecule has 5 heteroatoms. The van der Waals surface area contributed by atoms with Gasteiger partial charge in [0.25, 0.3) is 0 Å². The Kier molecular flexibility index (Phi) is 7.34. The quantitative estimate of drug-likeness (QED) is 0.659. The SMILES string of the molecule is CC(C)N1CCN(c2ccc(C(C)(C)C)cc2)C(=O)C1Cc1ccccc1N1CCN(C)CC1. The van der Waals surface area contributed by atoms with Crippen molar-refractivity contribution in [2.45, 2.75) is 58.5 Å². The largest absolute Gasteiger partial charge is 0.369 e. The maximum Gasteiger partial charge on any atom is 0.244 e. The van der Waals surface area contributed by atoms with E-state index in [2.05, 4.69) is 105 Å². The van der Waals surface area contributed by atoms with Crippen LogP contribution in [0.5, 0.6) is 0 Å². The number of carbonyl (C=O) groups is 1. The van der Waals surface area contributed by atoms with Gasteiger partial charge < -0.3 is 14.7 Å². The molecule has 0 spiro atoms. The average molecular weight is 463 g/mol. The molecule has 2 aromatic carbocycles. The number of anilines is 2. The van der Waals surface area contributed by atoms with Crippen LogP contribution >= 0.6 is 0 Å². The zero-order chi connectivity index (χ0) is 24.5. The molecule has 2 aromatic rings. The van der Waals surface area contributed by atoms with E-state index >= 15 is 0 Å². The summed E-state index contributed by atoms with van der Waals surface area (Å²) < 4.78 is 0. The fourth-order valence-electron chi connectivity index (χ4n) is 5.27. The van der Waals surface area contributed by atoms with Crippen LogP contribution in [0.4, 0.5) is 11.4 Å². The Morgan fingerprint density at radius 1 is 0.882 bits per heavy atom. The number of nitrogens with zero attached hydrogens (tertiary/aromatic N) is 4. The van der Waals surface area contributed by atoms with Gasteiger partial charge in [-0.15, -0.1) is 0 Å². The molecule has 0 saturated carbocycles. The molecular formula is C29H42N4O. The summed E-state index contributed by atoms with van der Waals surface area (Å²) in [7, 11) is 2.19. The number of piperazine rings is 2. The highest BCUT2D eigenvalue weighted by atomic mass is 16.2. The van der Waals surface area contributed by atoms with Crippen molar-refractivity contribution in [1.82, 2.24) is 9.80 Å². The second-order valence-corrected chi connectivity index (χ2v) is 11.3. The first-order valence-corrected chi connectivity index (χ1v) is 12.8. The molecule has 2 aliphatic rings. The molecular weight excluding hydrogens is 420 g/mol. The Hall–Kier alpha value is -2.37. The van der Waals surface area contributed by atoms with Crippen LogP contribution in [-0.2, 0) is 16.6 Å². The summed E-state index contributed by atoms with van der Waals surface area (Å²) in [4.78, 5) is 23.2. The topological polar surface area (TPSA) is 30.0 Å². The molecule has 2 aliphatic heterocycles. The molecule has 184 valence electrons. The van der Waals surface area contributed by atoms with Gasteiger partial charge in [-0.2, -0.15) is 0 Å². The van der Waals surface area contributed by atoms with Crippen molar-refractivity contribution in [1.29, 1.82) is 0 Å². The lowest BCUT2D eigenvalue weighted by Crippen LogP contribution is -2.60. The van der Waals surface area contributed by atoms with Crippen LogP contribution in [0.15, 0.2) is 48.5 Å². The zero-order valence-electron chi connectivity index (χ0n) is 21.9. The normalized spacial score (nSPS) is 20.9. The van der Waals surface area contributed by atoms with E-state index in [1.807, 2.05) is 4.90 Å². The Morgan fingerprint density at radius 2 is 1.53 bits per heavy atom. The van der Waals surface area contributed by atoms with E-state index < -0.39 is 0 Å². The first-order chi connectivity index (χ1) is 16.1. The standard InChI is InChI=1S/C29H42N4O/c1-22(2)32-19-20-33(25-13-11-24(12-14-25)29(3,4)5)28(34)27(32)21-23-9-7-8-10-26(23)31-17-15-30(6)16-18-31/h7-14,22,27H,15-21H2,1-6H3. The maximum absolute atomic E-state index is 13.9. The second kappa shape index (κ2) is 10.1. The summed E-state index contributed by atoms with van der Waals surface area (Å²) in [6, 6.07) is 17.5. The van der Waals surface area contributed by atoms with Gasteiger partial charge in [-0.05, 0) is 62.1 Å². The van der Waals surface area contributed by atoms with Gasteiger partial charge in [0.15, 0.2) is 0 Å². The monoisotopic (exact) mass is 462 g/mol. The van der Waals surface area contributed by atoms with Crippen LogP contribution in [0.2, 0.25) is 0 Å². The number of rotatable bonds is 5. The molecule has 4 rings (SSSR count). The van der Waals surface area contributed by atoms with Gasteiger partial charge in [-0.1, -0.05) is 51.1 Å². The third kappa shape index (κ3) is 5.31. The van der Waals surface area contributed by atoms with E-state index in [1.54, 1.807) is 0 Å². The number of hydrogen-bond donors (Lipinski definition) is 0. The first kappa shape index (κ1) is 24.7. The fraction of sp³-hybridized carbons (Fsp3) is 0.552. The highest BCUT2D eigenvalue weighted by molar-refractivity contribution is 5.98. The molecule has 0 bridgehead atoms. The van der Waals surface area contributed by atoms with Gasteiger partial charge in [-0.25, -0.2) is 0 Å². The molecule has 2 fully saturated rings. The molecule has 2 saturated heterocycles. The summed E-state index contributed by atoms with van der Waals surface area (Å²) in [5.41, 5.74) is 4.98. The summed E-state index contributed by atoms with van der Waals surface area (Å²) in [5.74, 6) is 0.219. The van der Waals surface area contributed by atoms with Crippen molar-refractivity contribution in [2.75, 3.05) is 56.1 Å². The average Bonchev–Trinajstić information content (AvgIpc) is 2.80. The van der Waals surface area contributed by atoms with Gasteiger partial charge in [-0.3, -0.25) is 9.69 Å². The number of amides is 1. The molecule has 5 nitrogen and oxygen atoms in total. The van der Waals surface area contributed by atoms with Crippen molar-refractivity contribution in [3.8, 4) is 0 Å². The summed E-state index contributed by atoms with van der Waals surface area (Å²) in [5, 5.41) is 0. The molecule has 0 aromatic heterocycles. The Bertz CT molecular complexity index is 970. The number of likely N-dealkylation sites (N-methyl/N-ethyl adjacent to an activating group) is 1. The smallest absolute Gasteiger partial charge is 0.244 e. The third-order valence-corrected chi connectivity index (χ3v) is 7.49. The van der Waals surface area contributed by atoms with Crippen LogP contribution in [0, 0.1) is 0 Å². The van der Waals surface area contributed by atoms with Crippen molar-refractivity contribution < 1.29 is 4.79 Å². The Labute approximate surface area is 206 Å². The zero-order valence-corrected chi connectivity index (χ0v) is 21.9. The lowest BCUT2D eigenvalue weighted by molar-refractivity contribution is -0.126. The number of hydrogen-bond acceptors (Lipinski definition) is 4. The second-order valence-electron chi connectivity index (χ2n) is 11.3. The molecule has 1 atom stereocenters. The van der Waals surface area contributed by atoms with Crippen LogP contribution in [0.1, 0.15) is 45.7 Å². The van der Waals surface area contributed by atoms with Crippen LogP contribution < -0.4 is 9.80 Å². The number of para-hydroxylation sites is 1. The van der Waals surface area contributed by atoms with Crippen molar-refractivity contribution in [2.24, 2.45) is 0 Å².